The molecule has 2 N–H and O–H groups in total. The van der Waals surface area contributed by atoms with E-state index < -0.39 is 0 Å². The van der Waals surface area contributed by atoms with Crippen molar-refractivity contribution in [1.82, 2.24) is 4.90 Å². The summed E-state index contributed by atoms with van der Waals surface area (Å²) in [4.78, 5) is 2.52. The Labute approximate surface area is 62.4 Å². The highest BCUT2D eigenvalue weighted by Crippen LogP contribution is 2.24. The SMILES string of the molecule is N[C@H]1C[C@H]2CCCN(C1)C2. The minimum Gasteiger partial charge on any atom is -0.327 e. The van der Waals surface area contributed by atoms with E-state index >= 15 is 0 Å². The van der Waals surface area contributed by atoms with Gasteiger partial charge in [-0.1, -0.05) is 0 Å². The summed E-state index contributed by atoms with van der Waals surface area (Å²) in [5.41, 5.74) is 5.88. The largest absolute Gasteiger partial charge is 0.327 e. The topological polar surface area (TPSA) is 29.3 Å². The molecule has 0 aromatic carbocycles. The van der Waals surface area contributed by atoms with Crippen molar-refractivity contribution in [1.29, 1.82) is 0 Å². The maximum Gasteiger partial charge on any atom is 0.0170 e. The zero-order chi connectivity index (χ0) is 6.97. The molecule has 0 radical (unpaired) electrons. The molecule has 2 aliphatic heterocycles. The van der Waals surface area contributed by atoms with E-state index in [1.54, 1.807) is 0 Å². The molecular formula is C8H16N2. The monoisotopic (exact) mass is 140 g/mol. The lowest BCUT2D eigenvalue weighted by Crippen LogP contribution is -2.49. The van der Waals surface area contributed by atoms with E-state index in [9.17, 15) is 0 Å². The molecule has 0 saturated carbocycles. The first kappa shape index (κ1) is 6.62. The highest BCUT2D eigenvalue weighted by molar-refractivity contribution is 4.84. The predicted octanol–water partition coefficient (Wildman–Crippen LogP) is 0.429. The molecule has 2 aliphatic rings. The Morgan fingerprint density at radius 3 is 3.00 bits per heavy atom. The van der Waals surface area contributed by atoms with Gasteiger partial charge in [-0.2, -0.15) is 0 Å². The summed E-state index contributed by atoms with van der Waals surface area (Å²) < 4.78 is 0. The van der Waals surface area contributed by atoms with E-state index in [2.05, 4.69) is 4.90 Å². The smallest absolute Gasteiger partial charge is 0.0170 e. The fourth-order valence-electron chi connectivity index (χ4n) is 2.34. The van der Waals surface area contributed by atoms with Crippen molar-refractivity contribution >= 4 is 0 Å². The van der Waals surface area contributed by atoms with Crippen LogP contribution in [-0.4, -0.2) is 30.6 Å². The first-order valence-corrected chi connectivity index (χ1v) is 4.32. The average molecular weight is 140 g/mol. The molecule has 1 unspecified atom stereocenters. The van der Waals surface area contributed by atoms with Crippen LogP contribution in [0.25, 0.3) is 0 Å². The molecule has 2 heterocycles. The number of nitrogens with two attached hydrogens (primary N) is 1. The number of hydrogen-bond donors (Lipinski definition) is 1. The Morgan fingerprint density at radius 2 is 2.20 bits per heavy atom. The van der Waals surface area contributed by atoms with Gasteiger partial charge in [0.05, 0.1) is 0 Å². The summed E-state index contributed by atoms with van der Waals surface area (Å²) in [5.74, 6) is 0.928. The fraction of sp³-hybridized carbons (Fsp3) is 1.00. The first-order valence-electron chi connectivity index (χ1n) is 4.32. The van der Waals surface area contributed by atoms with Crippen LogP contribution in [0.5, 0.6) is 0 Å². The summed E-state index contributed by atoms with van der Waals surface area (Å²) in [6.45, 7) is 3.77. The van der Waals surface area contributed by atoms with Gasteiger partial charge in [-0.3, -0.25) is 0 Å². The van der Waals surface area contributed by atoms with Crippen LogP contribution in [0.4, 0.5) is 0 Å². The van der Waals surface area contributed by atoms with Crippen molar-refractivity contribution < 1.29 is 0 Å². The molecule has 58 valence electrons. The van der Waals surface area contributed by atoms with E-state index in [0.29, 0.717) is 6.04 Å². The number of fused-ring (bicyclic) bond motifs is 2. The summed E-state index contributed by atoms with van der Waals surface area (Å²) in [7, 11) is 0. The third-order valence-electron chi connectivity index (χ3n) is 2.73. The molecule has 2 bridgehead atoms. The molecule has 0 spiro atoms. The Bertz CT molecular complexity index is 108. The molecule has 0 aliphatic carbocycles. The molecule has 0 aromatic heterocycles. The molecular weight excluding hydrogens is 124 g/mol. The van der Waals surface area contributed by atoms with E-state index in [1.807, 2.05) is 0 Å². The molecule has 2 heteroatoms. The maximum atomic E-state index is 5.88. The lowest BCUT2D eigenvalue weighted by Gasteiger charge is -2.40. The standard InChI is InChI=1S/C8H16N2/c9-8-4-7-2-1-3-10(5-7)6-8/h7-8H,1-6,9H2/t7-,8+/m1/s1. The van der Waals surface area contributed by atoms with E-state index in [0.717, 1.165) is 12.5 Å². The van der Waals surface area contributed by atoms with E-state index in [4.69, 9.17) is 5.73 Å². The molecule has 0 amide bonds. The minimum absolute atomic E-state index is 0.471. The van der Waals surface area contributed by atoms with E-state index in [1.165, 1.54) is 32.4 Å². The van der Waals surface area contributed by atoms with Gasteiger partial charge in [-0.25, -0.2) is 0 Å². The zero-order valence-corrected chi connectivity index (χ0v) is 6.42. The molecule has 0 aromatic rings. The second kappa shape index (κ2) is 2.51. The van der Waals surface area contributed by atoms with Crippen molar-refractivity contribution in [2.75, 3.05) is 19.6 Å². The minimum atomic E-state index is 0.471. The van der Waals surface area contributed by atoms with Crippen LogP contribution in [0.3, 0.4) is 0 Å². The summed E-state index contributed by atoms with van der Waals surface area (Å²) in [6.07, 6.45) is 4.10. The third-order valence-corrected chi connectivity index (χ3v) is 2.73. The van der Waals surface area contributed by atoms with Gasteiger partial charge in [0.15, 0.2) is 0 Å². The summed E-state index contributed by atoms with van der Waals surface area (Å²) >= 11 is 0. The number of rotatable bonds is 0. The Balaban J connectivity index is 1.98. The summed E-state index contributed by atoms with van der Waals surface area (Å²) in [5, 5.41) is 0. The molecule has 2 nitrogen and oxygen atoms in total. The molecule has 3 atom stereocenters. The molecule has 2 fully saturated rings. The van der Waals surface area contributed by atoms with Gasteiger partial charge < -0.3 is 10.6 Å². The van der Waals surface area contributed by atoms with Gasteiger partial charge in [0.25, 0.3) is 0 Å². The normalized spacial score (nSPS) is 47.1. The number of hydrogen-bond acceptors (Lipinski definition) is 2. The van der Waals surface area contributed by atoms with Gasteiger partial charge in [0, 0.05) is 19.1 Å². The van der Waals surface area contributed by atoms with Crippen LogP contribution < -0.4 is 5.73 Å². The Kier molecular flexibility index (Phi) is 1.66. The Hall–Kier alpha value is -0.0800. The van der Waals surface area contributed by atoms with Gasteiger partial charge in [-0.15, -0.1) is 0 Å². The lowest BCUT2D eigenvalue weighted by molar-refractivity contribution is 0.110. The van der Waals surface area contributed by atoms with E-state index in [-0.39, 0.29) is 0 Å². The van der Waals surface area contributed by atoms with Gasteiger partial charge in [-0.05, 0) is 31.7 Å². The molecule has 2 saturated heterocycles. The van der Waals surface area contributed by atoms with Crippen molar-refractivity contribution in [2.45, 2.75) is 25.3 Å². The summed E-state index contributed by atoms with van der Waals surface area (Å²) in [6, 6.07) is 0.471. The van der Waals surface area contributed by atoms with Crippen LogP contribution in [-0.2, 0) is 0 Å². The highest BCUT2D eigenvalue weighted by atomic mass is 15.2. The number of nitrogens with zero attached hydrogens (tertiary/aromatic N) is 1. The van der Waals surface area contributed by atoms with Crippen molar-refractivity contribution in [2.24, 2.45) is 11.7 Å². The maximum absolute atomic E-state index is 5.88. The van der Waals surface area contributed by atoms with Crippen molar-refractivity contribution in [3.63, 3.8) is 0 Å². The molecule has 2 rings (SSSR count). The third kappa shape index (κ3) is 1.18. The average Bonchev–Trinajstić information content (AvgIpc) is 1.85. The van der Waals surface area contributed by atoms with Crippen LogP contribution >= 0.6 is 0 Å². The van der Waals surface area contributed by atoms with Crippen LogP contribution in [0.1, 0.15) is 19.3 Å². The van der Waals surface area contributed by atoms with Gasteiger partial charge >= 0.3 is 0 Å². The van der Waals surface area contributed by atoms with Crippen LogP contribution in [0, 0.1) is 5.92 Å². The van der Waals surface area contributed by atoms with Gasteiger partial charge in [0.2, 0.25) is 0 Å². The fourth-order valence-corrected chi connectivity index (χ4v) is 2.34. The lowest BCUT2D eigenvalue weighted by atomic mass is 9.87. The zero-order valence-electron chi connectivity index (χ0n) is 6.42. The van der Waals surface area contributed by atoms with Crippen molar-refractivity contribution in [3.05, 3.63) is 0 Å². The quantitative estimate of drug-likeness (QED) is 0.528. The second-order valence-electron chi connectivity index (χ2n) is 3.76. The second-order valence-corrected chi connectivity index (χ2v) is 3.76. The van der Waals surface area contributed by atoms with Gasteiger partial charge in [0.1, 0.15) is 0 Å². The van der Waals surface area contributed by atoms with Crippen molar-refractivity contribution in [3.8, 4) is 0 Å². The number of piperidine rings is 2. The predicted molar refractivity (Wildman–Crippen MR) is 41.8 cm³/mol. The molecule has 10 heavy (non-hydrogen) atoms. The first-order chi connectivity index (χ1) is 4.84. The Morgan fingerprint density at radius 1 is 1.30 bits per heavy atom. The van der Waals surface area contributed by atoms with Crippen LogP contribution in [0.15, 0.2) is 0 Å². The highest BCUT2D eigenvalue weighted by Gasteiger charge is 2.27. The van der Waals surface area contributed by atoms with Crippen LogP contribution in [0.2, 0.25) is 0 Å².